The summed E-state index contributed by atoms with van der Waals surface area (Å²) in [6.07, 6.45) is 1.13. The van der Waals surface area contributed by atoms with E-state index in [9.17, 15) is 14.9 Å². The average Bonchev–Trinajstić information content (AvgIpc) is 2.88. The molecule has 1 heterocycles. The Labute approximate surface area is 138 Å². The van der Waals surface area contributed by atoms with Crippen molar-refractivity contribution >= 4 is 47.0 Å². The van der Waals surface area contributed by atoms with Crippen molar-refractivity contribution < 1.29 is 9.72 Å². The van der Waals surface area contributed by atoms with Gasteiger partial charge in [-0.25, -0.2) is 10.1 Å². The van der Waals surface area contributed by atoms with Crippen molar-refractivity contribution in [2.75, 3.05) is 5.73 Å². The Morgan fingerprint density at radius 1 is 1.52 bits per heavy atom. The lowest BCUT2D eigenvalue weighted by molar-refractivity contribution is -0.384. The van der Waals surface area contributed by atoms with Gasteiger partial charge in [0.25, 0.3) is 11.6 Å². The molecule has 0 bridgehead atoms. The molecule has 0 fully saturated rings. The molecule has 2 rings (SSSR count). The minimum Gasteiger partial charge on any atom is -0.367 e. The number of nitrogens with zero attached hydrogens (tertiary/aromatic N) is 6. The quantitative estimate of drug-likeness (QED) is 0.450. The van der Waals surface area contributed by atoms with Crippen LogP contribution in [0, 0.1) is 10.1 Å². The molecule has 120 valence electrons. The zero-order chi connectivity index (χ0) is 17.0. The van der Waals surface area contributed by atoms with Crippen molar-refractivity contribution in [3.8, 4) is 0 Å². The topological polar surface area (TPSA) is 154 Å². The number of halogens is 2. The van der Waals surface area contributed by atoms with E-state index in [1.54, 1.807) is 0 Å². The molecular weight excluding hydrogens is 351 g/mol. The normalized spacial score (nSPS) is 10.9. The first-order chi connectivity index (χ1) is 10.9. The fourth-order valence-electron chi connectivity index (χ4n) is 1.46. The highest BCUT2D eigenvalue weighted by molar-refractivity contribution is 6.43. The van der Waals surface area contributed by atoms with Crippen LogP contribution in [0.2, 0.25) is 10.0 Å². The number of hydrogen-bond acceptors (Lipinski definition) is 8. The maximum atomic E-state index is 11.6. The van der Waals surface area contributed by atoms with E-state index in [4.69, 9.17) is 28.9 Å². The van der Waals surface area contributed by atoms with Gasteiger partial charge in [0, 0.05) is 17.7 Å². The van der Waals surface area contributed by atoms with Crippen LogP contribution >= 0.6 is 23.2 Å². The number of nitro groups is 1. The number of carbonyl (C=O) groups is 1. The summed E-state index contributed by atoms with van der Waals surface area (Å²) in [5.74, 6) is -0.592. The number of tetrazole rings is 1. The van der Waals surface area contributed by atoms with Gasteiger partial charge in [-0.1, -0.05) is 28.3 Å². The highest BCUT2D eigenvalue weighted by Gasteiger charge is 2.13. The van der Waals surface area contributed by atoms with Crippen LogP contribution in [0.3, 0.4) is 0 Å². The molecule has 0 spiro atoms. The Bertz CT molecular complexity index is 790. The molecule has 0 aliphatic heterocycles. The predicted octanol–water partition coefficient (Wildman–Crippen LogP) is 0.621. The van der Waals surface area contributed by atoms with Crippen LogP contribution < -0.4 is 11.2 Å². The van der Waals surface area contributed by atoms with E-state index < -0.39 is 10.8 Å². The molecule has 0 aliphatic rings. The molecule has 11 nitrogen and oxygen atoms in total. The summed E-state index contributed by atoms with van der Waals surface area (Å²) in [5, 5.41) is 24.6. The molecule has 0 saturated carbocycles. The van der Waals surface area contributed by atoms with Gasteiger partial charge in [0.1, 0.15) is 6.54 Å². The van der Waals surface area contributed by atoms with Gasteiger partial charge in [-0.2, -0.15) is 5.10 Å². The van der Waals surface area contributed by atoms with Crippen LogP contribution in [0.5, 0.6) is 0 Å². The number of nitrogens with one attached hydrogen (secondary N) is 1. The maximum Gasteiger partial charge on any atom is 0.271 e. The average molecular weight is 359 g/mol. The maximum absolute atomic E-state index is 11.6. The number of nitrogen functional groups attached to an aromatic ring is 1. The number of carbonyl (C=O) groups excluding carboxylic acids is 1. The zero-order valence-corrected chi connectivity index (χ0v) is 12.7. The van der Waals surface area contributed by atoms with Crippen LogP contribution in [0.25, 0.3) is 0 Å². The molecule has 3 N–H and O–H groups in total. The minimum absolute atomic E-state index is 0.00453. The number of non-ortho nitro benzene ring substituents is 1. The fourth-order valence-corrected chi connectivity index (χ4v) is 1.84. The van der Waals surface area contributed by atoms with Crippen LogP contribution in [0.1, 0.15) is 5.56 Å². The number of nitrogens with two attached hydrogens (primary N) is 1. The molecule has 0 aliphatic carbocycles. The third kappa shape index (κ3) is 4.11. The Kier molecular flexibility index (Phi) is 5.03. The molecule has 0 radical (unpaired) electrons. The van der Waals surface area contributed by atoms with E-state index in [1.807, 2.05) is 0 Å². The van der Waals surface area contributed by atoms with E-state index in [0.29, 0.717) is 0 Å². The van der Waals surface area contributed by atoms with Gasteiger partial charge in [0.15, 0.2) is 0 Å². The van der Waals surface area contributed by atoms with Crippen LogP contribution in [0.4, 0.5) is 11.6 Å². The SMILES string of the molecule is Nc1nnnn1CC(=O)N/N=C\c1cc([N+](=O)[O-])cc(Cl)c1Cl. The number of hydrogen-bond donors (Lipinski definition) is 2. The lowest BCUT2D eigenvalue weighted by atomic mass is 10.2. The monoisotopic (exact) mass is 358 g/mol. The van der Waals surface area contributed by atoms with E-state index in [2.05, 4.69) is 26.1 Å². The van der Waals surface area contributed by atoms with E-state index in [1.165, 1.54) is 6.07 Å². The highest BCUT2D eigenvalue weighted by atomic mass is 35.5. The van der Waals surface area contributed by atoms with Gasteiger partial charge in [-0.3, -0.25) is 14.9 Å². The number of aromatic nitrogens is 4. The summed E-state index contributed by atoms with van der Waals surface area (Å²) < 4.78 is 1.06. The number of benzene rings is 1. The predicted molar refractivity (Wildman–Crippen MR) is 81.1 cm³/mol. The van der Waals surface area contributed by atoms with Gasteiger partial charge in [0.05, 0.1) is 21.2 Å². The second-order valence-electron chi connectivity index (χ2n) is 4.08. The molecule has 0 unspecified atom stereocenters. The number of rotatable bonds is 5. The number of nitro benzene ring substituents is 1. The summed E-state index contributed by atoms with van der Waals surface area (Å²) in [7, 11) is 0. The highest BCUT2D eigenvalue weighted by Crippen LogP contribution is 2.29. The van der Waals surface area contributed by atoms with Crippen molar-refractivity contribution in [3.63, 3.8) is 0 Å². The lowest BCUT2D eigenvalue weighted by Crippen LogP contribution is -2.24. The first-order valence-electron chi connectivity index (χ1n) is 5.85. The Morgan fingerprint density at radius 3 is 2.87 bits per heavy atom. The van der Waals surface area contributed by atoms with Gasteiger partial charge in [0.2, 0.25) is 5.95 Å². The first-order valence-corrected chi connectivity index (χ1v) is 6.61. The molecule has 1 aromatic carbocycles. The van der Waals surface area contributed by atoms with Crippen molar-refractivity contribution in [3.05, 3.63) is 37.9 Å². The van der Waals surface area contributed by atoms with Gasteiger partial charge in [-0.15, -0.1) is 0 Å². The van der Waals surface area contributed by atoms with Gasteiger partial charge < -0.3 is 5.73 Å². The van der Waals surface area contributed by atoms with E-state index >= 15 is 0 Å². The lowest BCUT2D eigenvalue weighted by Gasteiger charge is -2.02. The Hall–Kier alpha value is -2.79. The molecule has 13 heteroatoms. The summed E-state index contributed by atoms with van der Waals surface area (Å²) in [6, 6.07) is 2.28. The van der Waals surface area contributed by atoms with Crippen LogP contribution in [-0.2, 0) is 11.3 Å². The van der Waals surface area contributed by atoms with Crippen molar-refractivity contribution in [2.24, 2.45) is 5.10 Å². The summed E-state index contributed by atoms with van der Waals surface area (Å²) in [6.45, 7) is -0.250. The van der Waals surface area contributed by atoms with Gasteiger partial charge in [-0.05, 0) is 10.4 Å². The molecular formula is C10H8Cl2N8O3. The molecule has 23 heavy (non-hydrogen) atoms. The number of hydrazone groups is 1. The summed E-state index contributed by atoms with van der Waals surface area (Å²) >= 11 is 11.7. The third-order valence-corrected chi connectivity index (χ3v) is 3.31. The van der Waals surface area contributed by atoms with Crippen molar-refractivity contribution in [1.82, 2.24) is 25.6 Å². The molecule has 0 saturated heterocycles. The van der Waals surface area contributed by atoms with Crippen molar-refractivity contribution in [1.29, 1.82) is 0 Å². The standard InChI is InChI=1S/C10H8Cl2N8O3/c11-7-2-6(20(22)23)1-5(9(7)12)3-14-15-8(21)4-19-10(13)16-17-18-19/h1-3H,4H2,(H,15,21)(H2,13,16,18)/b14-3-. The van der Waals surface area contributed by atoms with Crippen LogP contribution in [0.15, 0.2) is 17.2 Å². The minimum atomic E-state index is -0.626. The van der Waals surface area contributed by atoms with E-state index in [-0.39, 0.29) is 33.8 Å². The molecule has 0 atom stereocenters. The van der Waals surface area contributed by atoms with Gasteiger partial charge >= 0.3 is 0 Å². The third-order valence-electron chi connectivity index (χ3n) is 2.50. The Balaban J connectivity index is 2.07. The summed E-state index contributed by atoms with van der Waals surface area (Å²) in [5.41, 5.74) is 7.50. The first kappa shape index (κ1) is 16.6. The van der Waals surface area contributed by atoms with Crippen molar-refractivity contribution in [2.45, 2.75) is 6.54 Å². The zero-order valence-electron chi connectivity index (χ0n) is 11.2. The largest absolute Gasteiger partial charge is 0.367 e. The van der Waals surface area contributed by atoms with E-state index in [0.717, 1.165) is 17.0 Å². The Morgan fingerprint density at radius 2 is 2.26 bits per heavy atom. The van der Waals surface area contributed by atoms with Crippen LogP contribution in [-0.4, -0.2) is 37.3 Å². The number of anilines is 1. The second kappa shape index (κ2) is 6.98. The smallest absolute Gasteiger partial charge is 0.271 e. The summed E-state index contributed by atoms with van der Waals surface area (Å²) in [4.78, 5) is 21.8. The second-order valence-corrected chi connectivity index (χ2v) is 4.86. The number of amides is 1. The molecule has 2 aromatic rings. The molecule has 1 amide bonds. The molecule has 1 aromatic heterocycles. The fraction of sp³-hybridized carbons (Fsp3) is 0.100.